The first-order chi connectivity index (χ1) is 7.61. The summed E-state index contributed by atoms with van der Waals surface area (Å²) in [6, 6.07) is 1.94. The number of nitrogens with zero attached hydrogens (tertiary/aromatic N) is 4. The van der Waals surface area contributed by atoms with Gasteiger partial charge in [0, 0.05) is 5.69 Å². The van der Waals surface area contributed by atoms with E-state index in [1.807, 2.05) is 19.9 Å². The van der Waals surface area contributed by atoms with Crippen LogP contribution in [0.15, 0.2) is 12.3 Å². The third-order valence-electron chi connectivity index (χ3n) is 2.16. The molecule has 0 atom stereocenters. The van der Waals surface area contributed by atoms with Gasteiger partial charge in [0.1, 0.15) is 5.69 Å². The van der Waals surface area contributed by atoms with Crippen molar-refractivity contribution in [3.63, 3.8) is 0 Å². The van der Waals surface area contributed by atoms with Gasteiger partial charge in [0.25, 0.3) is 0 Å². The lowest BCUT2D eigenvalue weighted by Crippen LogP contribution is -2.05. The minimum atomic E-state index is -0.219. The van der Waals surface area contributed by atoms with Crippen LogP contribution < -0.4 is 0 Å². The molecule has 0 unspecified atom stereocenters. The van der Waals surface area contributed by atoms with Gasteiger partial charge in [-0.15, -0.1) is 0 Å². The Morgan fingerprint density at radius 3 is 2.69 bits per heavy atom. The number of rotatable bonds is 2. The van der Waals surface area contributed by atoms with E-state index in [9.17, 15) is 0 Å². The van der Waals surface area contributed by atoms with Crippen LogP contribution in [0.25, 0.3) is 5.82 Å². The summed E-state index contributed by atoms with van der Waals surface area (Å²) in [6.07, 6.45) is 1.54. The van der Waals surface area contributed by atoms with Gasteiger partial charge >= 0.3 is 0 Å². The van der Waals surface area contributed by atoms with Gasteiger partial charge in [-0.2, -0.15) is 5.10 Å². The van der Waals surface area contributed by atoms with Crippen molar-refractivity contribution < 1.29 is 5.11 Å². The van der Waals surface area contributed by atoms with Crippen LogP contribution >= 0.6 is 11.6 Å². The minimum Gasteiger partial charge on any atom is -0.390 e. The molecule has 0 amide bonds. The van der Waals surface area contributed by atoms with Gasteiger partial charge < -0.3 is 5.11 Å². The molecule has 84 valence electrons. The van der Waals surface area contributed by atoms with E-state index in [2.05, 4.69) is 15.1 Å². The standard InChI is InChI=1S/C10H11ClN4O/c1-6-3-7(2)15(14-6)9-4-12-8(5-16)10(11)13-9/h3-4,16H,5H2,1-2H3. The Labute approximate surface area is 97.7 Å². The highest BCUT2D eigenvalue weighted by atomic mass is 35.5. The maximum absolute atomic E-state index is 8.93. The van der Waals surface area contributed by atoms with E-state index < -0.39 is 0 Å². The van der Waals surface area contributed by atoms with Gasteiger partial charge in [-0.3, -0.25) is 4.98 Å². The highest BCUT2D eigenvalue weighted by Crippen LogP contribution is 2.14. The summed E-state index contributed by atoms with van der Waals surface area (Å²) in [5, 5.41) is 13.4. The lowest BCUT2D eigenvalue weighted by atomic mass is 10.4. The average Bonchev–Trinajstić information content (AvgIpc) is 2.58. The number of aromatic nitrogens is 4. The van der Waals surface area contributed by atoms with E-state index >= 15 is 0 Å². The van der Waals surface area contributed by atoms with Crippen molar-refractivity contribution in [2.45, 2.75) is 20.5 Å². The smallest absolute Gasteiger partial charge is 0.173 e. The molecule has 6 heteroatoms. The third kappa shape index (κ3) is 1.91. The summed E-state index contributed by atoms with van der Waals surface area (Å²) in [6.45, 7) is 3.61. The molecule has 2 heterocycles. The van der Waals surface area contributed by atoms with Crippen LogP contribution in [-0.2, 0) is 6.61 Å². The van der Waals surface area contributed by atoms with E-state index in [4.69, 9.17) is 16.7 Å². The zero-order valence-corrected chi connectivity index (χ0v) is 9.73. The van der Waals surface area contributed by atoms with Crippen molar-refractivity contribution >= 4 is 11.6 Å². The van der Waals surface area contributed by atoms with Crippen LogP contribution in [0.2, 0.25) is 5.15 Å². The topological polar surface area (TPSA) is 63.8 Å². The highest BCUT2D eigenvalue weighted by Gasteiger charge is 2.08. The Morgan fingerprint density at radius 1 is 1.44 bits per heavy atom. The molecule has 0 aliphatic rings. The lowest BCUT2D eigenvalue weighted by Gasteiger charge is -2.04. The largest absolute Gasteiger partial charge is 0.390 e. The summed E-state index contributed by atoms with van der Waals surface area (Å²) < 4.78 is 1.66. The molecule has 0 aliphatic heterocycles. The summed E-state index contributed by atoms with van der Waals surface area (Å²) in [7, 11) is 0. The quantitative estimate of drug-likeness (QED) is 0.860. The van der Waals surface area contributed by atoms with Crippen molar-refractivity contribution in [3.05, 3.63) is 34.5 Å². The molecule has 0 aromatic carbocycles. The molecule has 0 saturated carbocycles. The van der Waals surface area contributed by atoms with E-state index in [1.165, 1.54) is 6.20 Å². The molecule has 0 fully saturated rings. The molecule has 2 aromatic heterocycles. The molecule has 0 saturated heterocycles. The van der Waals surface area contributed by atoms with Crippen molar-refractivity contribution in [1.82, 2.24) is 19.7 Å². The maximum atomic E-state index is 8.93. The van der Waals surface area contributed by atoms with Crippen LogP contribution in [0, 0.1) is 13.8 Å². The van der Waals surface area contributed by atoms with Crippen LogP contribution in [0.3, 0.4) is 0 Å². The van der Waals surface area contributed by atoms with Gasteiger partial charge in [0.15, 0.2) is 11.0 Å². The van der Waals surface area contributed by atoms with Gasteiger partial charge in [-0.1, -0.05) is 11.6 Å². The van der Waals surface area contributed by atoms with Crippen molar-refractivity contribution in [2.24, 2.45) is 0 Å². The summed E-state index contributed by atoms with van der Waals surface area (Å²) in [5.74, 6) is 0.549. The zero-order valence-electron chi connectivity index (χ0n) is 8.98. The summed E-state index contributed by atoms with van der Waals surface area (Å²) in [5.41, 5.74) is 2.23. The number of aliphatic hydroxyl groups is 1. The first kappa shape index (κ1) is 11.0. The number of hydrogen-bond donors (Lipinski definition) is 1. The van der Waals surface area contributed by atoms with Crippen LogP contribution in [0.4, 0.5) is 0 Å². The van der Waals surface area contributed by atoms with Gasteiger partial charge in [-0.25, -0.2) is 9.67 Å². The Morgan fingerprint density at radius 2 is 2.19 bits per heavy atom. The number of halogens is 1. The van der Waals surface area contributed by atoms with Crippen molar-refractivity contribution in [3.8, 4) is 5.82 Å². The summed E-state index contributed by atoms with van der Waals surface area (Å²) in [4.78, 5) is 8.15. The molecule has 5 nitrogen and oxygen atoms in total. The molecular weight excluding hydrogens is 228 g/mol. The molecule has 2 aromatic rings. The van der Waals surface area contributed by atoms with E-state index in [0.717, 1.165) is 11.4 Å². The number of aliphatic hydroxyl groups excluding tert-OH is 1. The summed E-state index contributed by atoms with van der Waals surface area (Å²) >= 11 is 5.86. The molecule has 0 aliphatic carbocycles. The second-order valence-corrected chi connectivity index (χ2v) is 3.82. The van der Waals surface area contributed by atoms with Crippen LogP contribution in [0.1, 0.15) is 17.1 Å². The van der Waals surface area contributed by atoms with Crippen LogP contribution in [0.5, 0.6) is 0 Å². The molecule has 16 heavy (non-hydrogen) atoms. The Hall–Kier alpha value is -1.46. The maximum Gasteiger partial charge on any atom is 0.173 e. The van der Waals surface area contributed by atoms with E-state index in [1.54, 1.807) is 4.68 Å². The second-order valence-electron chi connectivity index (χ2n) is 3.46. The lowest BCUT2D eigenvalue weighted by molar-refractivity contribution is 0.276. The average molecular weight is 239 g/mol. The first-order valence-electron chi connectivity index (χ1n) is 4.77. The number of aryl methyl sites for hydroxylation is 2. The van der Waals surface area contributed by atoms with Gasteiger partial charge in [0.2, 0.25) is 0 Å². The fourth-order valence-electron chi connectivity index (χ4n) is 1.45. The Kier molecular flexibility index (Phi) is 2.89. The predicted molar refractivity (Wildman–Crippen MR) is 59.6 cm³/mol. The SMILES string of the molecule is Cc1cc(C)n(-c2cnc(CO)c(Cl)n2)n1. The molecule has 2 rings (SSSR count). The van der Waals surface area contributed by atoms with Gasteiger partial charge in [-0.05, 0) is 19.9 Å². The Bertz CT molecular complexity index is 524. The Balaban J connectivity index is 2.49. The first-order valence-corrected chi connectivity index (χ1v) is 5.15. The minimum absolute atomic E-state index is 0.201. The third-order valence-corrected chi connectivity index (χ3v) is 2.47. The van der Waals surface area contributed by atoms with Gasteiger partial charge in [0.05, 0.1) is 18.5 Å². The molecular formula is C10H11ClN4O. The fraction of sp³-hybridized carbons (Fsp3) is 0.300. The van der Waals surface area contributed by atoms with Crippen molar-refractivity contribution in [1.29, 1.82) is 0 Å². The normalized spacial score (nSPS) is 10.8. The zero-order chi connectivity index (χ0) is 11.7. The second kappa shape index (κ2) is 4.19. The number of hydrogen-bond acceptors (Lipinski definition) is 4. The molecule has 0 spiro atoms. The van der Waals surface area contributed by atoms with E-state index in [0.29, 0.717) is 11.5 Å². The van der Waals surface area contributed by atoms with Crippen molar-refractivity contribution in [2.75, 3.05) is 0 Å². The van der Waals surface area contributed by atoms with E-state index in [-0.39, 0.29) is 11.8 Å². The molecule has 0 bridgehead atoms. The predicted octanol–water partition coefficient (Wildman–Crippen LogP) is 1.42. The molecule has 0 radical (unpaired) electrons. The monoisotopic (exact) mass is 238 g/mol. The highest BCUT2D eigenvalue weighted by molar-refractivity contribution is 6.30. The fourth-order valence-corrected chi connectivity index (χ4v) is 1.65. The van der Waals surface area contributed by atoms with Crippen LogP contribution in [-0.4, -0.2) is 24.9 Å². The molecule has 1 N–H and O–H groups in total.